The minimum atomic E-state index is -3.56. The Bertz CT molecular complexity index is 710. The maximum Gasteiger partial charge on any atom is 0.250 e. The first-order chi connectivity index (χ1) is 9.03. The lowest BCUT2D eigenvalue weighted by molar-refractivity contribution is 0.582. The molecular formula is C10H11N5O2S2. The highest BCUT2D eigenvalue weighted by atomic mass is 32.2. The Morgan fingerprint density at radius 3 is 2.89 bits per heavy atom. The van der Waals surface area contributed by atoms with Gasteiger partial charge in [0.25, 0.3) is 0 Å². The van der Waals surface area contributed by atoms with Gasteiger partial charge in [-0.25, -0.2) is 13.1 Å². The van der Waals surface area contributed by atoms with E-state index in [9.17, 15) is 8.42 Å². The Hall–Kier alpha value is -1.76. The largest absolute Gasteiger partial charge is 0.321 e. The van der Waals surface area contributed by atoms with Crippen LogP contribution in [0.4, 0.5) is 0 Å². The summed E-state index contributed by atoms with van der Waals surface area (Å²) in [5.74, 6) is 0.701. The van der Waals surface area contributed by atoms with Gasteiger partial charge in [-0.1, -0.05) is 0 Å². The minimum absolute atomic E-state index is 0.141. The van der Waals surface area contributed by atoms with Gasteiger partial charge in [0.15, 0.2) is 0 Å². The number of sulfonamides is 1. The summed E-state index contributed by atoms with van der Waals surface area (Å²) in [5.41, 5.74) is 0. The number of aryl methyl sites for hydroxylation is 1. The molecule has 2 heterocycles. The van der Waals surface area contributed by atoms with Crippen LogP contribution in [0.25, 0.3) is 0 Å². The molecule has 19 heavy (non-hydrogen) atoms. The number of nitriles is 1. The molecule has 0 aliphatic carbocycles. The topological polar surface area (TPSA) is 101 Å². The number of nitrogens with one attached hydrogen (secondary N) is 1. The summed E-state index contributed by atoms with van der Waals surface area (Å²) < 4.78 is 28.2. The molecule has 2 aromatic rings. The Balaban J connectivity index is 1.99. The van der Waals surface area contributed by atoms with Crippen molar-refractivity contribution in [3.63, 3.8) is 0 Å². The Kier molecular flexibility index (Phi) is 3.94. The van der Waals surface area contributed by atoms with Crippen LogP contribution in [0.5, 0.6) is 0 Å². The highest BCUT2D eigenvalue weighted by molar-refractivity contribution is 7.91. The molecule has 0 atom stereocenters. The van der Waals surface area contributed by atoms with Crippen molar-refractivity contribution in [2.45, 2.75) is 10.6 Å². The van der Waals surface area contributed by atoms with Crippen molar-refractivity contribution in [2.24, 2.45) is 7.05 Å². The van der Waals surface area contributed by atoms with Crippen molar-refractivity contribution in [3.05, 3.63) is 29.2 Å². The summed E-state index contributed by atoms with van der Waals surface area (Å²) in [7, 11) is -1.76. The standard InChI is InChI=1S/C10H11N5O2S2/c1-15-7-12-14-9(15)4-5-13-19(16,17)10-3-2-8(6-11)18-10/h2-3,7,13H,4-5H2,1H3. The van der Waals surface area contributed by atoms with Crippen LogP contribution in [0.1, 0.15) is 10.7 Å². The zero-order valence-corrected chi connectivity index (χ0v) is 11.7. The number of thiophene rings is 1. The van der Waals surface area contributed by atoms with Crippen molar-refractivity contribution >= 4 is 21.4 Å². The van der Waals surface area contributed by atoms with Crippen LogP contribution in [0.2, 0.25) is 0 Å². The number of nitrogens with zero attached hydrogens (tertiary/aromatic N) is 4. The lowest BCUT2D eigenvalue weighted by Gasteiger charge is -2.04. The maximum absolute atomic E-state index is 11.9. The summed E-state index contributed by atoms with van der Waals surface area (Å²) >= 11 is 0.946. The first-order valence-corrected chi connectivity index (χ1v) is 7.65. The smallest absolute Gasteiger partial charge is 0.250 e. The van der Waals surface area contributed by atoms with E-state index in [1.807, 2.05) is 6.07 Å². The van der Waals surface area contributed by atoms with Gasteiger partial charge >= 0.3 is 0 Å². The molecule has 0 aromatic carbocycles. The minimum Gasteiger partial charge on any atom is -0.321 e. The summed E-state index contributed by atoms with van der Waals surface area (Å²) in [6.07, 6.45) is 2.01. The first kappa shape index (κ1) is 13.7. The molecule has 7 nitrogen and oxygen atoms in total. The van der Waals surface area contributed by atoms with E-state index in [2.05, 4.69) is 14.9 Å². The molecule has 0 saturated carbocycles. The van der Waals surface area contributed by atoms with Gasteiger partial charge in [0.1, 0.15) is 27.3 Å². The van der Waals surface area contributed by atoms with E-state index in [1.165, 1.54) is 12.1 Å². The molecule has 0 fully saturated rings. The van der Waals surface area contributed by atoms with Crippen LogP contribution in [0.15, 0.2) is 22.7 Å². The normalized spacial score (nSPS) is 11.4. The molecule has 0 amide bonds. The van der Waals surface area contributed by atoms with Crippen LogP contribution in [-0.4, -0.2) is 29.7 Å². The summed E-state index contributed by atoms with van der Waals surface area (Å²) in [5, 5.41) is 16.2. The van der Waals surface area contributed by atoms with Gasteiger partial charge in [-0.15, -0.1) is 21.5 Å². The number of hydrogen-bond donors (Lipinski definition) is 1. The Morgan fingerprint density at radius 2 is 2.32 bits per heavy atom. The Morgan fingerprint density at radius 1 is 1.53 bits per heavy atom. The molecular weight excluding hydrogens is 286 g/mol. The average Bonchev–Trinajstić information content (AvgIpc) is 2.99. The fourth-order valence-corrected chi connectivity index (χ4v) is 3.61. The Labute approximate surface area is 114 Å². The third kappa shape index (κ3) is 3.17. The number of hydrogen-bond acceptors (Lipinski definition) is 6. The SMILES string of the molecule is Cn1cnnc1CCNS(=O)(=O)c1ccc(C#N)s1. The second-order valence-corrected chi connectivity index (χ2v) is 6.81. The number of rotatable bonds is 5. The van der Waals surface area contributed by atoms with Crippen molar-refractivity contribution < 1.29 is 8.42 Å². The zero-order chi connectivity index (χ0) is 13.9. The molecule has 0 bridgehead atoms. The van der Waals surface area contributed by atoms with Gasteiger partial charge in [-0.3, -0.25) is 0 Å². The van der Waals surface area contributed by atoms with Gasteiger partial charge in [0.2, 0.25) is 10.0 Å². The third-order valence-electron chi connectivity index (χ3n) is 2.40. The van der Waals surface area contributed by atoms with Gasteiger partial charge < -0.3 is 4.57 Å². The molecule has 0 aliphatic heterocycles. The van der Waals surface area contributed by atoms with Crippen LogP contribution in [0, 0.1) is 11.3 Å². The van der Waals surface area contributed by atoms with E-state index in [0.717, 1.165) is 11.3 Å². The van der Waals surface area contributed by atoms with E-state index in [-0.39, 0.29) is 10.8 Å². The van der Waals surface area contributed by atoms with Gasteiger partial charge in [-0.05, 0) is 12.1 Å². The summed E-state index contributed by atoms with van der Waals surface area (Å²) in [4.78, 5) is 0.369. The highest BCUT2D eigenvalue weighted by Gasteiger charge is 2.16. The number of aromatic nitrogens is 3. The van der Waals surface area contributed by atoms with Crippen molar-refractivity contribution in [1.82, 2.24) is 19.5 Å². The van der Waals surface area contributed by atoms with Crippen molar-refractivity contribution in [1.29, 1.82) is 5.26 Å². The van der Waals surface area contributed by atoms with Crippen LogP contribution >= 0.6 is 11.3 Å². The van der Waals surface area contributed by atoms with Gasteiger partial charge in [-0.2, -0.15) is 5.26 Å². The molecule has 1 N–H and O–H groups in total. The lowest BCUT2D eigenvalue weighted by Crippen LogP contribution is -2.25. The molecule has 0 aliphatic rings. The van der Waals surface area contributed by atoms with E-state index >= 15 is 0 Å². The van der Waals surface area contributed by atoms with Gasteiger partial charge in [0.05, 0.1) is 0 Å². The maximum atomic E-state index is 11.9. The molecule has 0 spiro atoms. The zero-order valence-electron chi connectivity index (χ0n) is 10.1. The fourth-order valence-electron chi connectivity index (χ4n) is 1.43. The first-order valence-electron chi connectivity index (χ1n) is 5.35. The quantitative estimate of drug-likeness (QED) is 0.853. The summed E-state index contributed by atoms with van der Waals surface area (Å²) in [6.45, 7) is 0.231. The second kappa shape index (κ2) is 5.48. The van der Waals surface area contributed by atoms with E-state index in [1.54, 1.807) is 17.9 Å². The molecule has 0 saturated heterocycles. The molecule has 2 rings (SSSR count). The predicted molar refractivity (Wildman–Crippen MR) is 68.9 cm³/mol. The van der Waals surface area contributed by atoms with E-state index in [0.29, 0.717) is 17.1 Å². The predicted octanol–water partition coefficient (Wildman–Crippen LogP) is 0.269. The lowest BCUT2D eigenvalue weighted by atomic mass is 10.4. The van der Waals surface area contributed by atoms with Gasteiger partial charge in [0, 0.05) is 20.0 Å². The molecule has 9 heteroatoms. The average molecular weight is 297 g/mol. The summed E-state index contributed by atoms with van der Waals surface area (Å²) in [6, 6.07) is 4.82. The van der Waals surface area contributed by atoms with E-state index < -0.39 is 10.0 Å². The van der Waals surface area contributed by atoms with Crippen LogP contribution in [0.3, 0.4) is 0 Å². The second-order valence-electron chi connectivity index (χ2n) is 3.74. The van der Waals surface area contributed by atoms with Crippen LogP contribution in [-0.2, 0) is 23.5 Å². The molecule has 0 unspecified atom stereocenters. The molecule has 2 aromatic heterocycles. The van der Waals surface area contributed by atoms with E-state index in [4.69, 9.17) is 5.26 Å². The van der Waals surface area contributed by atoms with Crippen LogP contribution < -0.4 is 4.72 Å². The molecule has 0 radical (unpaired) electrons. The van der Waals surface area contributed by atoms with Crippen molar-refractivity contribution in [2.75, 3.05) is 6.54 Å². The fraction of sp³-hybridized carbons (Fsp3) is 0.300. The van der Waals surface area contributed by atoms with Crippen molar-refractivity contribution in [3.8, 4) is 6.07 Å². The highest BCUT2D eigenvalue weighted by Crippen LogP contribution is 2.20. The monoisotopic (exact) mass is 297 g/mol. The third-order valence-corrected chi connectivity index (χ3v) is 5.34. The molecule has 100 valence electrons.